The zero-order chi connectivity index (χ0) is 22.8. The molecule has 4 rings (SSSR count). The van der Waals surface area contributed by atoms with Crippen molar-refractivity contribution in [1.29, 1.82) is 0 Å². The highest BCUT2D eigenvalue weighted by Crippen LogP contribution is 2.25. The lowest BCUT2D eigenvalue weighted by Crippen LogP contribution is -2.30. The molecule has 1 atom stereocenters. The van der Waals surface area contributed by atoms with Gasteiger partial charge in [0.1, 0.15) is 0 Å². The molecule has 3 aromatic heterocycles. The van der Waals surface area contributed by atoms with Crippen molar-refractivity contribution in [2.24, 2.45) is 0 Å². The van der Waals surface area contributed by atoms with Crippen molar-refractivity contribution in [2.75, 3.05) is 6.61 Å². The number of aliphatic hydroxyl groups is 1. The fourth-order valence-electron chi connectivity index (χ4n) is 3.77. The van der Waals surface area contributed by atoms with Crippen LogP contribution < -0.4 is 5.56 Å². The summed E-state index contributed by atoms with van der Waals surface area (Å²) in [5.41, 5.74) is 3.24. The fraction of sp³-hybridized carbons (Fsp3) is 0.261. The van der Waals surface area contributed by atoms with Crippen LogP contribution in [0.5, 0.6) is 0 Å². The average Bonchev–Trinajstić information content (AvgIpc) is 3.43. The number of aryl methyl sites for hydroxylation is 2. The number of rotatable bonds is 7. The minimum absolute atomic E-state index is 0.199. The van der Waals surface area contributed by atoms with Gasteiger partial charge in [-0.3, -0.25) is 4.79 Å². The fourth-order valence-corrected chi connectivity index (χ4v) is 4.44. The Labute approximate surface area is 187 Å². The molecule has 0 bridgehead atoms. The summed E-state index contributed by atoms with van der Waals surface area (Å²) in [6.45, 7) is 3.47. The first kappa shape index (κ1) is 22.0. The molecule has 0 saturated heterocycles. The molecule has 3 heterocycles. The Kier molecular flexibility index (Phi) is 6.29. The predicted octanol–water partition coefficient (Wildman–Crippen LogP) is 4.22. The van der Waals surface area contributed by atoms with Crippen LogP contribution in [0.3, 0.4) is 0 Å². The van der Waals surface area contributed by atoms with E-state index in [9.17, 15) is 18.7 Å². The third-order valence-corrected chi connectivity index (χ3v) is 6.18. The number of pyridine rings is 1. The molecular weight excluding hydrogens is 434 g/mol. The van der Waals surface area contributed by atoms with Crippen LogP contribution in [-0.4, -0.2) is 30.2 Å². The summed E-state index contributed by atoms with van der Waals surface area (Å²) in [4.78, 5) is 18.1. The van der Waals surface area contributed by atoms with Crippen molar-refractivity contribution in [1.82, 2.24) is 18.5 Å². The predicted molar refractivity (Wildman–Crippen MR) is 119 cm³/mol. The van der Waals surface area contributed by atoms with Gasteiger partial charge in [0.25, 0.3) is 12.0 Å². The Bertz CT molecular complexity index is 1280. The monoisotopic (exact) mass is 456 g/mol. The third-order valence-electron chi connectivity index (χ3n) is 5.33. The highest BCUT2D eigenvalue weighted by Gasteiger charge is 2.21. The Morgan fingerprint density at radius 2 is 1.97 bits per heavy atom. The molecule has 0 fully saturated rings. The number of alkyl halides is 2. The number of aliphatic hydroxyl groups excluding tert-OH is 1. The number of imidazole rings is 1. The quantitative estimate of drug-likeness (QED) is 0.452. The zero-order valence-corrected chi connectivity index (χ0v) is 18.4. The summed E-state index contributed by atoms with van der Waals surface area (Å²) in [5.74, 6) is 0. The normalized spacial score (nSPS) is 12.4. The highest BCUT2D eigenvalue weighted by atomic mass is 32.1. The number of hydrogen-bond donors (Lipinski definition) is 1. The Balaban J connectivity index is 1.73. The number of aromatic nitrogens is 4. The summed E-state index contributed by atoms with van der Waals surface area (Å²) in [5, 5.41) is 9.89. The van der Waals surface area contributed by atoms with E-state index in [1.807, 2.05) is 42.8 Å². The summed E-state index contributed by atoms with van der Waals surface area (Å²) in [6.07, 6.45) is 3.79. The van der Waals surface area contributed by atoms with Gasteiger partial charge in [0, 0.05) is 41.8 Å². The van der Waals surface area contributed by atoms with E-state index < -0.39 is 24.6 Å². The van der Waals surface area contributed by atoms with E-state index in [0.29, 0.717) is 4.88 Å². The lowest BCUT2D eigenvalue weighted by atomic mass is 10.0. The first-order valence-electron chi connectivity index (χ1n) is 10.0. The molecule has 6 nitrogen and oxygen atoms in total. The first-order chi connectivity index (χ1) is 15.4. The van der Waals surface area contributed by atoms with Gasteiger partial charge in [-0.05, 0) is 54.7 Å². The van der Waals surface area contributed by atoms with E-state index in [1.54, 1.807) is 18.6 Å². The first-order valence-corrected chi connectivity index (χ1v) is 10.8. The Morgan fingerprint density at radius 3 is 2.56 bits per heavy atom. The molecule has 0 aliphatic carbocycles. The van der Waals surface area contributed by atoms with Gasteiger partial charge in [-0.2, -0.15) is 0 Å². The topological polar surface area (TPSA) is 72.9 Å². The SMILES string of the molecule is Cc1cn(-c2ccc(Cc3cc(C(F)F)cn([C@@H](CO)c4ccns4)c3=O)cc2C)cn1. The van der Waals surface area contributed by atoms with Crippen LogP contribution in [0, 0.1) is 13.8 Å². The second-order valence-corrected chi connectivity index (χ2v) is 8.51. The van der Waals surface area contributed by atoms with Gasteiger partial charge >= 0.3 is 0 Å². The second-order valence-electron chi connectivity index (χ2n) is 7.64. The molecule has 1 aromatic carbocycles. The van der Waals surface area contributed by atoms with Gasteiger partial charge in [-0.1, -0.05) is 12.1 Å². The molecule has 0 saturated carbocycles. The van der Waals surface area contributed by atoms with Gasteiger partial charge < -0.3 is 14.2 Å². The molecule has 0 aliphatic rings. The maximum atomic E-state index is 13.6. The third kappa shape index (κ3) is 4.39. The molecule has 0 spiro atoms. The molecule has 0 unspecified atom stereocenters. The summed E-state index contributed by atoms with van der Waals surface area (Å²) in [6, 6.07) is 7.91. The average molecular weight is 457 g/mol. The van der Waals surface area contributed by atoms with Crippen LogP contribution in [0.4, 0.5) is 8.78 Å². The number of benzene rings is 1. The minimum atomic E-state index is -2.74. The summed E-state index contributed by atoms with van der Waals surface area (Å²) >= 11 is 1.12. The molecule has 9 heteroatoms. The molecular formula is C23H22F2N4O2S. The lowest BCUT2D eigenvalue weighted by molar-refractivity contribution is 0.149. The van der Waals surface area contributed by atoms with Gasteiger partial charge in [0.05, 0.1) is 29.5 Å². The number of nitrogens with zero attached hydrogens (tertiary/aromatic N) is 4. The van der Waals surface area contributed by atoms with Crippen LogP contribution in [0.15, 0.2) is 60.0 Å². The molecule has 4 aromatic rings. The van der Waals surface area contributed by atoms with Gasteiger partial charge in [0.2, 0.25) is 0 Å². The van der Waals surface area contributed by atoms with Crippen molar-refractivity contribution in [3.63, 3.8) is 0 Å². The van der Waals surface area contributed by atoms with Gasteiger partial charge in [-0.25, -0.2) is 18.1 Å². The Morgan fingerprint density at radius 1 is 1.16 bits per heavy atom. The van der Waals surface area contributed by atoms with Crippen LogP contribution in [0.1, 0.15) is 45.3 Å². The summed E-state index contributed by atoms with van der Waals surface area (Å²) < 4.78 is 34.3. The highest BCUT2D eigenvalue weighted by molar-refractivity contribution is 7.05. The minimum Gasteiger partial charge on any atom is -0.394 e. The molecule has 0 radical (unpaired) electrons. The molecule has 0 amide bonds. The van der Waals surface area contributed by atoms with Crippen molar-refractivity contribution in [3.8, 4) is 5.69 Å². The van der Waals surface area contributed by atoms with Crippen LogP contribution in [-0.2, 0) is 6.42 Å². The van der Waals surface area contributed by atoms with Gasteiger partial charge in [-0.15, -0.1) is 0 Å². The zero-order valence-electron chi connectivity index (χ0n) is 17.6. The summed E-state index contributed by atoms with van der Waals surface area (Å²) in [7, 11) is 0. The van der Waals surface area contributed by atoms with E-state index in [2.05, 4.69) is 9.36 Å². The van der Waals surface area contributed by atoms with E-state index in [1.165, 1.54) is 10.6 Å². The number of hydrogen-bond acceptors (Lipinski definition) is 5. The van der Waals surface area contributed by atoms with Crippen molar-refractivity contribution in [3.05, 3.63) is 98.4 Å². The smallest absolute Gasteiger partial charge is 0.265 e. The van der Waals surface area contributed by atoms with Crippen molar-refractivity contribution < 1.29 is 13.9 Å². The van der Waals surface area contributed by atoms with Crippen LogP contribution >= 0.6 is 11.5 Å². The van der Waals surface area contributed by atoms with E-state index in [0.717, 1.165) is 40.2 Å². The largest absolute Gasteiger partial charge is 0.394 e. The van der Waals surface area contributed by atoms with Crippen molar-refractivity contribution in [2.45, 2.75) is 32.7 Å². The van der Waals surface area contributed by atoms with Gasteiger partial charge in [0.15, 0.2) is 0 Å². The Hall–Kier alpha value is -3.17. The number of halogens is 2. The van der Waals surface area contributed by atoms with E-state index in [4.69, 9.17) is 0 Å². The second kappa shape index (κ2) is 9.13. The maximum Gasteiger partial charge on any atom is 0.265 e. The van der Waals surface area contributed by atoms with Crippen LogP contribution in [0.2, 0.25) is 0 Å². The van der Waals surface area contributed by atoms with E-state index in [-0.39, 0.29) is 17.5 Å². The van der Waals surface area contributed by atoms with Crippen LogP contribution in [0.25, 0.3) is 5.69 Å². The molecule has 32 heavy (non-hydrogen) atoms. The molecule has 0 aliphatic heterocycles. The molecule has 166 valence electrons. The maximum absolute atomic E-state index is 13.6. The standard InChI is InChI=1S/C23H22F2N4O2S/c1-14-7-16(3-4-19(14)28-10-15(2)26-13-28)8-17-9-18(22(24)25)11-29(23(17)31)20(12-30)21-5-6-27-32-21/h3-7,9-11,13,20,22,30H,8,12H2,1-2H3/t20-/m0/s1. The van der Waals surface area contributed by atoms with Crippen molar-refractivity contribution >= 4 is 11.5 Å². The molecule has 1 N–H and O–H groups in total. The van der Waals surface area contributed by atoms with E-state index >= 15 is 0 Å². The lowest BCUT2D eigenvalue weighted by Gasteiger charge is -2.19.